The van der Waals surface area contributed by atoms with Crippen LogP contribution in [0.3, 0.4) is 0 Å². The van der Waals surface area contributed by atoms with Gasteiger partial charge in [0.15, 0.2) is 5.82 Å². The maximum absolute atomic E-state index is 13.0. The number of carbonyl (C=O) groups is 1. The summed E-state index contributed by atoms with van der Waals surface area (Å²) in [7, 11) is 0. The molecule has 2 aromatic carbocycles. The number of carbonyl (C=O) groups excluding carboxylic acids is 1. The third-order valence-corrected chi connectivity index (χ3v) is 5.03. The fourth-order valence-corrected chi connectivity index (χ4v) is 3.45. The number of ether oxygens (including phenoxy) is 1. The van der Waals surface area contributed by atoms with Crippen LogP contribution in [-0.4, -0.2) is 20.7 Å². The van der Waals surface area contributed by atoms with Gasteiger partial charge in [-0.1, -0.05) is 30.7 Å². The first-order chi connectivity index (χ1) is 14.2. The number of fused-ring (bicyclic) bond motifs is 1. The van der Waals surface area contributed by atoms with Gasteiger partial charge in [0.2, 0.25) is 0 Å². The summed E-state index contributed by atoms with van der Waals surface area (Å²) < 4.78 is 21.0. The van der Waals surface area contributed by atoms with Crippen molar-refractivity contribution >= 4 is 5.91 Å². The fraction of sp³-hybridized carbons (Fsp3) is 0.318. The maximum atomic E-state index is 13.0. The molecule has 150 valence electrons. The topological polar surface area (TPSA) is 69.0 Å². The van der Waals surface area contributed by atoms with Gasteiger partial charge in [-0.2, -0.15) is 0 Å². The minimum atomic E-state index is -0.292. The molecule has 3 aromatic rings. The molecule has 1 aliphatic heterocycles. The molecule has 0 bridgehead atoms. The quantitative estimate of drug-likeness (QED) is 0.693. The van der Waals surface area contributed by atoms with Crippen molar-refractivity contribution < 1.29 is 13.9 Å². The smallest absolute Gasteiger partial charge is 0.255 e. The highest BCUT2D eigenvalue weighted by atomic mass is 19.1. The van der Waals surface area contributed by atoms with Crippen LogP contribution in [0.5, 0.6) is 5.75 Å². The van der Waals surface area contributed by atoms with Crippen molar-refractivity contribution in [2.75, 3.05) is 0 Å². The molecule has 1 amide bonds. The largest absolute Gasteiger partial charge is 0.488 e. The number of rotatable bonds is 6. The SMILES string of the molecule is O=C(NCc1nnc2n1CCCCC2)c1ccccc1OCc1ccc(F)cc1. The van der Waals surface area contributed by atoms with E-state index in [0.717, 1.165) is 43.0 Å². The number of aryl methyl sites for hydroxylation is 1. The van der Waals surface area contributed by atoms with Crippen molar-refractivity contribution in [3.8, 4) is 5.75 Å². The lowest BCUT2D eigenvalue weighted by Crippen LogP contribution is -2.25. The number of hydrogen-bond acceptors (Lipinski definition) is 4. The Labute approximate surface area is 168 Å². The first kappa shape index (κ1) is 19.1. The molecule has 7 heteroatoms. The molecule has 0 aliphatic carbocycles. The minimum absolute atomic E-state index is 0.231. The summed E-state index contributed by atoms with van der Waals surface area (Å²) in [5, 5.41) is 11.4. The van der Waals surface area contributed by atoms with Crippen molar-refractivity contribution in [2.45, 2.75) is 45.4 Å². The van der Waals surface area contributed by atoms with Crippen LogP contribution in [0.15, 0.2) is 48.5 Å². The van der Waals surface area contributed by atoms with E-state index in [1.165, 1.54) is 18.6 Å². The van der Waals surface area contributed by atoms with E-state index in [9.17, 15) is 9.18 Å². The molecule has 1 N–H and O–H groups in total. The molecule has 1 aliphatic rings. The number of aromatic nitrogens is 3. The van der Waals surface area contributed by atoms with Gasteiger partial charge in [0.05, 0.1) is 12.1 Å². The second-order valence-corrected chi connectivity index (χ2v) is 7.09. The first-order valence-corrected chi connectivity index (χ1v) is 9.86. The molecule has 4 rings (SSSR count). The van der Waals surface area contributed by atoms with Crippen LogP contribution in [0.1, 0.15) is 46.8 Å². The summed E-state index contributed by atoms with van der Waals surface area (Å²) in [4.78, 5) is 12.8. The average molecular weight is 394 g/mol. The molecule has 29 heavy (non-hydrogen) atoms. The van der Waals surface area contributed by atoms with E-state index in [0.29, 0.717) is 17.9 Å². The van der Waals surface area contributed by atoms with Gasteiger partial charge in [-0.05, 0) is 42.7 Å². The highest BCUT2D eigenvalue weighted by Gasteiger charge is 2.17. The van der Waals surface area contributed by atoms with Crippen molar-refractivity contribution in [1.82, 2.24) is 20.1 Å². The Morgan fingerprint density at radius 1 is 1.07 bits per heavy atom. The predicted octanol–water partition coefficient (Wildman–Crippen LogP) is 3.65. The number of nitrogens with zero attached hydrogens (tertiary/aromatic N) is 3. The summed E-state index contributed by atoms with van der Waals surface area (Å²) in [5.74, 6) is 1.73. The zero-order valence-corrected chi connectivity index (χ0v) is 16.1. The van der Waals surface area contributed by atoms with Crippen LogP contribution in [0.25, 0.3) is 0 Å². The van der Waals surface area contributed by atoms with E-state index in [2.05, 4.69) is 20.1 Å². The van der Waals surface area contributed by atoms with Gasteiger partial charge in [-0.15, -0.1) is 10.2 Å². The lowest BCUT2D eigenvalue weighted by atomic mass is 10.2. The molecule has 0 radical (unpaired) electrons. The Morgan fingerprint density at radius 3 is 2.76 bits per heavy atom. The van der Waals surface area contributed by atoms with Gasteiger partial charge in [-0.3, -0.25) is 4.79 Å². The summed E-state index contributed by atoms with van der Waals surface area (Å²) in [6, 6.07) is 13.2. The van der Waals surface area contributed by atoms with E-state index >= 15 is 0 Å². The fourth-order valence-electron chi connectivity index (χ4n) is 3.45. The molecule has 0 unspecified atom stereocenters. The minimum Gasteiger partial charge on any atom is -0.488 e. The van der Waals surface area contributed by atoms with Gasteiger partial charge in [0.1, 0.15) is 24.0 Å². The Balaban J connectivity index is 1.41. The lowest BCUT2D eigenvalue weighted by molar-refractivity contribution is 0.0945. The average Bonchev–Trinajstić information content (AvgIpc) is 2.97. The van der Waals surface area contributed by atoms with Crippen LogP contribution < -0.4 is 10.1 Å². The first-order valence-electron chi connectivity index (χ1n) is 9.86. The van der Waals surface area contributed by atoms with Crippen LogP contribution in [0, 0.1) is 5.82 Å². The third-order valence-electron chi connectivity index (χ3n) is 5.03. The lowest BCUT2D eigenvalue weighted by Gasteiger charge is -2.12. The summed E-state index contributed by atoms with van der Waals surface area (Å²) >= 11 is 0. The highest BCUT2D eigenvalue weighted by Crippen LogP contribution is 2.20. The summed E-state index contributed by atoms with van der Waals surface area (Å²) in [5.41, 5.74) is 1.28. The Kier molecular flexibility index (Phi) is 5.84. The van der Waals surface area contributed by atoms with Gasteiger partial charge in [0.25, 0.3) is 5.91 Å². The van der Waals surface area contributed by atoms with Gasteiger partial charge in [0, 0.05) is 13.0 Å². The molecule has 0 saturated heterocycles. The number of amides is 1. The predicted molar refractivity (Wildman–Crippen MR) is 106 cm³/mol. The molecule has 0 atom stereocenters. The number of nitrogens with one attached hydrogen (secondary N) is 1. The number of hydrogen-bond donors (Lipinski definition) is 1. The Hall–Kier alpha value is -3.22. The zero-order valence-electron chi connectivity index (χ0n) is 16.1. The monoisotopic (exact) mass is 394 g/mol. The standard InChI is InChI=1S/C22H23FN4O2/c23-17-11-9-16(10-12-17)15-29-19-7-4-3-6-18(19)22(28)24-14-21-26-25-20-8-2-1-5-13-27(20)21/h3-4,6-7,9-12H,1-2,5,8,13-15H2,(H,24,28). The second-order valence-electron chi connectivity index (χ2n) is 7.09. The van der Waals surface area contributed by atoms with Crippen LogP contribution in [-0.2, 0) is 26.1 Å². The van der Waals surface area contributed by atoms with Gasteiger partial charge >= 0.3 is 0 Å². The van der Waals surface area contributed by atoms with Crippen LogP contribution in [0.4, 0.5) is 4.39 Å². The Morgan fingerprint density at radius 2 is 1.90 bits per heavy atom. The molecule has 0 fully saturated rings. The van der Waals surface area contributed by atoms with Gasteiger partial charge < -0.3 is 14.6 Å². The zero-order chi connectivity index (χ0) is 20.1. The van der Waals surface area contributed by atoms with E-state index in [4.69, 9.17) is 4.74 Å². The van der Waals surface area contributed by atoms with E-state index in [1.54, 1.807) is 30.3 Å². The van der Waals surface area contributed by atoms with E-state index in [1.807, 2.05) is 6.07 Å². The van der Waals surface area contributed by atoms with Crippen molar-refractivity contribution in [1.29, 1.82) is 0 Å². The molecular formula is C22H23FN4O2. The van der Waals surface area contributed by atoms with Crippen LogP contribution in [0.2, 0.25) is 0 Å². The number of halogens is 1. The van der Waals surface area contributed by atoms with E-state index < -0.39 is 0 Å². The summed E-state index contributed by atoms with van der Waals surface area (Å²) in [6.07, 6.45) is 4.35. The van der Waals surface area contributed by atoms with Crippen molar-refractivity contribution in [3.05, 3.63) is 77.1 Å². The molecule has 0 saturated carbocycles. The Bertz CT molecular complexity index is 985. The molecule has 6 nitrogen and oxygen atoms in total. The second kappa shape index (κ2) is 8.86. The number of benzene rings is 2. The normalized spacial score (nSPS) is 13.4. The highest BCUT2D eigenvalue weighted by molar-refractivity contribution is 5.96. The van der Waals surface area contributed by atoms with Crippen LogP contribution >= 0.6 is 0 Å². The molecule has 2 heterocycles. The maximum Gasteiger partial charge on any atom is 0.255 e. The molecule has 1 aromatic heterocycles. The number of para-hydroxylation sites is 1. The van der Waals surface area contributed by atoms with Gasteiger partial charge in [-0.25, -0.2) is 4.39 Å². The van der Waals surface area contributed by atoms with Crippen molar-refractivity contribution in [3.63, 3.8) is 0 Å². The van der Waals surface area contributed by atoms with E-state index in [-0.39, 0.29) is 18.3 Å². The summed E-state index contributed by atoms with van der Waals surface area (Å²) in [6.45, 7) is 1.46. The molecule has 0 spiro atoms. The molecular weight excluding hydrogens is 371 g/mol. The van der Waals surface area contributed by atoms with Crippen molar-refractivity contribution in [2.24, 2.45) is 0 Å². The third kappa shape index (κ3) is 4.62.